The number of carbonyl (C=O) groups is 2. The Labute approximate surface area is 215 Å². The van der Waals surface area contributed by atoms with Gasteiger partial charge in [0.05, 0.1) is 27.0 Å². The van der Waals surface area contributed by atoms with Crippen LogP contribution in [0.25, 0.3) is 0 Å². The molecule has 190 valence electrons. The van der Waals surface area contributed by atoms with Gasteiger partial charge in [0.2, 0.25) is 11.8 Å². The zero-order valence-corrected chi connectivity index (χ0v) is 22.3. The van der Waals surface area contributed by atoms with E-state index in [1.807, 2.05) is 4.90 Å². The first-order valence-corrected chi connectivity index (χ1v) is 15.7. The fraction of sp³-hybridized carbons (Fsp3) is 0.542. The van der Waals surface area contributed by atoms with Gasteiger partial charge in [0.25, 0.3) is 0 Å². The molecule has 2 fully saturated rings. The summed E-state index contributed by atoms with van der Waals surface area (Å²) in [6.45, 7) is 3.12. The molecule has 2 amide bonds. The second-order valence-electron chi connectivity index (χ2n) is 9.17. The first-order valence-electron chi connectivity index (χ1n) is 12.0. The van der Waals surface area contributed by atoms with Crippen molar-refractivity contribution in [1.29, 1.82) is 0 Å². The molecule has 2 aliphatic rings. The van der Waals surface area contributed by atoms with Crippen molar-refractivity contribution in [1.82, 2.24) is 15.2 Å². The summed E-state index contributed by atoms with van der Waals surface area (Å²) in [6.07, 6.45) is 8.21. The molecule has 2 N–H and O–H groups in total. The van der Waals surface area contributed by atoms with Crippen LogP contribution in [0.1, 0.15) is 43.6 Å². The number of piperazine rings is 1. The van der Waals surface area contributed by atoms with E-state index in [0.717, 1.165) is 55.2 Å². The van der Waals surface area contributed by atoms with Crippen LogP contribution in [0.15, 0.2) is 39.6 Å². The molecule has 35 heavy (non-hydrogen) atoms. The number of benzene rings is 1. The Morgan fingerprint density at radius 3 is 2.54 bits per heavy atom. The molecule has 1 saturated carbocycles. The fourth-order valence-corrected chi connectivity index (χ4v) is 7.04. The summed E-state index contributed by atoms with van der Waals surface area (Å²) in [5, 5.41) is 6.72. The largest absolute Gasteiger partial charge is 0.339 e. The summed E-state index contributed by atoms with van der Waals surface area (Å²) in [5.41, 5.74) is 0.814. The van der Waals surface area contributed by atoms with Gasteiger partial charge in [-0.15, -0.1) is 11.8 Å². The normalized spacial score (nSPS) is 17.9. The maximum Gasteiger partial charge on any atom is 0.233 e. The second kappa shape index (κ2) is 11.9. The van der Waals surface area contributed by atoms with Crippen molar-refractivity contribution in [2.45, 2.75) is 47.1 Å². The lowest BCUT2D eigenvalue weighted by atomic mass is 9.87. The molecule has 1 atom stereocenters. The van der Waals surface area contributed by atoms with Gasteiger partial charge in [0, 0.05) is 32.4 Å². The van der Waals surface area contributed by atoms with Crippen LogP contribution >= 0.6 is 23.1 Å². The number of hydrogen-bond donors (Lipinski definition) is 2. The Balaban J connectivity index is 1.40. The molecule has 2 heterocycles. The number of anilines is 1. The maximum atomic E-state index is 13.3. The van der Waals surface area contributed by atoms with Gasteiger partial charge in [-0.1, -0.05) is 49.2 Å². The van der Waals surface area contributed by atoms with Gasteiger partial charge in [0.1, 0.15) is 0 Å². The number of aromatic nitrogens is 1. The third-order valence-corrected chi connectivity index (χ3v) is 9.81. The number of nitrogens with zero attached hydrogens (tertiary/aromatic N) is 2. The van der Waals surface area contributed by atoms with E-state index in [1.165, 1.54) is 42.2 Å². The Bertz CT molecular complexity index is 1120. The molecule has 4 rings (SSSR count). The molecule has 11 heteroatoms. The third-order valence-electron chi connectivity index (χ3n) is 6.59. The van der Waals surface area contributed by atoms with Gasteiger partial charge in [-0.3, -0.25) is 9.59 Å². The number of carbonyl (C=O) groups excluding carboxylic acids is 2. The Morgan fingerprint density at radius 1 is 1.20 bits per heavy atom. The second-order valence-corrected chi connectivity index (χ2v) is 13.5. The van der Waals surface area contributed by atoms with Gasteiger partial charge in [-0.25, -0.2) is 13.4 Å². The standard InChI is InChI=1S/C24H32N4O4S3/c1-35(31,32)19-8-6-18(7-9-19)20(14-17-4-2-3-5-17)23(30)27-24-26-15-22(34-24)33-16-21(29)28-12-10-25-11-13-28/h6-9,15,17,20,25H,2-5,10-14,16H2,1H3,(H,26,27,30)/t20-/m1/s1. The van der Waals surface area contributed by atoms with Crippen molar-refractivity contribution in [2.24, 2.45) is 5.92 Å². The summed E-state index contributed by atoms with van der Waals surface area (Å²) < 4.78 is 24.6. The molecule has 1 aromatic heterocycles. The van der Waals surface area contributed by atoms with E-state index in [4.69, 9.17) is 0 Å². The molecule has 1 aliphatic heterocycles. The summed E-state index contributed by atoms with van der Waals surface area (Å²) in [4.78, 5) is 32.2. The summed E-state index contributed by atoms with van der Waals surface area (Å²) in [6, 6.07) is 6.65. The summed E-state index contributed by atoms with van der Waals surface area (Å²) >= 11 is 2.81. The maximum absolute atomic E-state index is 13.3. The molecule has 0 unspecified atom stereocenters. The first kappa shape index (κ1) is 26.1. The van der Waals surface area contributed by atoms with E-state index in [-0.39, 0.29) is 22.6 Å². The van der Waals surface area contributed by atoms with Crippen molar-refractivity contribution in [3.8, 4) is 0 Å². The van der Waals surface area contributed by atoms with Crippen LogP contribution in [0.3, 0.4) is 0 Å². The van der Waals surface area contributed by atoms with Gasteiger partial charge in [-0.2, -0.15) is 0 Å². The Kier molecular flexibility index (Phi) is 8.85. The number of amides is 2. The molecular weight excluding hydrogens is 504 g/mol. The molecule has 0 spiro atoms. The van der Waals surface area contributed by atoms with Crippen LogP contribution in [0, 0.1) is 5.92 Å². The van der Waals surface area contributed by atoms with Gasteiger partial charge in [0.15, 0.2) is 15.0 Å². The lowest BCUT2D eigenvalue weighted by Crippen LogP contribution is -2.47. The van der Waals surface area contributed by atoms with E-state index >= 15 is 0 Å². The van der Waals surface area contributed by atoms with E-state index in [0.29, 0.717) is 16.8 Å². The van der Waals surface area contributed by atoms with E-state index in [2.05, 4.69) is 15.6 Å². The fourth-order valence-electron chi connectivity index (χ4n) is 4.64. The number of hydrogen-bond acceptors (Lipinski definition) is 8. The molecule has 2 aromatic rings. The summed E-state index contributed by atoms with van der Waals surface area (Å²) in [7, 11) is -3.29. The van der Waals surface area contributed by atoms with Crippen molar-refractivity contribution < 1.29 is 18.0 Å². The minimum atomic E-state index is -3.29. The number of rotatable bonds is 9. The zero-order chi connectivity index (χ0) is 24.8. The molecule has 0 radical (unpaired) electrons. The monoisotopic (exact) mass is 536 g/mol. The lowest BCUT2D eigenvalue weighted by Gasteiger charge is -2.27. The van der Waals surface area contributed by atoms with Crippen LogP contribution in [0.4, 0.5) is 5.13 Å². The minimum Gasteiger partial charge on any atom is -0.339 e. The number of thioether (sulfide) groups is 1. The number of sulfone groups is 1. The van der Waals surface area contributed by atoms with Crippen LogP contribution in [0.5, 0.6) is 0 Å². The molecule has 1 aliphatic carbocycles. The van der Waals surface area contributed by atoms with Crippen LogP contribution in [0.2, 0.25) is 0 Å². The molecule has 1 saturated heterocycles. The van der Waals surface area contributed by atoms with Gasteiger partial charge >= 0.3 is 0 Å². The Morgan fingerprint density at radius 2 is 1.89 bits per heavy atom. The van der Waals surface area contributed by atoms with Crippen LogP contribution in [-0.4, -0.2) is 68.3 Å². The number of thiazole rings is 1. The van der Waals surface area contributed by atoms with Crippen molar-refractivity contribution in [3.05, 3.63) is 36.0 Å². The SMILES string of the molecule is CS(=O)(=O)c1ccc([C@@H](CC2CCCC2)C(=O)Nc2ncc(SCC(=O)N3CCNCC3)s2)cc1. The highest BCUT2D eigenvalue weighted by Crippen LogP contribution is 2.36. The zero-order valence-electron chi connectivity index (χ0n) is 19.9. The molecule has 0 bridgehead atoms. The molecule has 8 nitrogen and oxygen atoms in total. The predicted octanol–water partition coefficient (Wildman–Crippen LogP) is 3.37. The third kappa shape index (κ3) is 7.28. The van der Waals surface area contributed by atoms with Crippen molar-refractivity contribution >= 4 is 49.9 Å². The van der Waals surface area contributed by atoms with Crippen LogP contribution in [-0.2, 0) is 19.4 Å². The predicted molar refractivity (Wildman–Crippen MR) is 140 cm³/mol. The summed E-state index contributed by atoms with van der Waals surface area (Å²) in [5.74, 6) is 0.447. The minimum absolute atomic E-state index is 0.115. The van der Waals surface area contributed by atoms with E-state index in [9.17, 15) is 18.0 Å². The van der Waals surface area contributed by atoms with Crippen LogP contribution < -0.4 is 10.6 Å². The molecule has 1 aromatic carbocycles. The highest BCUT2D eigenvalue weighted by molar-refractivity contribution is 8.01. The topological polar surface area (TPSA) is 108 Å². The van der Waals surface area contributed by atoms with Gasteiger partial charge < -0.3 is 15.5 Å². The quantitative estimate of drug-likeness (QED) is 0.473. The van der Waals surface area contributed by atoms with Crippen molar-refractivity contribution in [3.63, 3.8) is 0 Å². The lowest BCUT2D eigenvalue weighted by molar-refractivity contribution is -0.128. The first-order chi connectivity index (χ1) is 16.8. The van der Waals surface area contributed by atoms with Gasteiger partial charge in [-0.05, 0) is 30.0 Å². The highest BCUT2D eigenvalue weighted by Gasteiger charge is 2.28. The van der Waals surface area contributed by atoms with Crippen molar-refractivity contribution in [2.75, 3.05) is 43.5 Å². The molecular formula is C24H32N4O4S3. The average Bonchev–Trinajstić information content (AvgIpc) is 3.53. The highest BCUT2D eigenvalue weighted by atomic mass is 32.2. The smallest absolute Gasteiger partial charge is 0.233 e. The van der Waals surface area contributed by atoms with E-state index < -0.39 is 9.84 Å². The average molecular weight is 537 g/mol. The Hall–Kier alpha value is -1.95. The van der Waals surface area contributed by atoms with E-state index in [1.54, 1.807) is 30.5 Å². The number of nitrogens with one attached hydrogen (secondary N) is 2.